The van der Waals surface area contributed by atoms with Crippen molar-refractivity contribution in [2.45, 2.75) is 44.6 Å². The molecule has 2 fully saturated rings. The molecule has 5 heteroatoms. The number of urea groups is 1. The van der Waals surface area contributed by atoms with Gasteiger partial charge in [-0.1, -0.05) is 12.1 Å². The van der Waals surface area contributed by atoms with Crippen LogP contribution < -0.4 is 4.90 Å². The van der Waals surface area contributed by atoms with Crippen LogP contribution in [0.1, 0.15) is 38.7 Å². The minimum Gasteiger partial charge on any atom is -0.481 e. The highest BCUT2D eigenvalue weighted by molar-refractivity contribution is 5.94. The highest BCUT2D eigenvalue weighted by Gasteiger charge is 2.46. The smallest absolute Gasteiger partial charge is 0.324 e. The zero-order chi connectivity index (χ0) is 15.9. The second-order valence-electron chi connectivity index (χ2n) is 6.62. The van der Waals surface area contributed by atoms with Crippen molar-refractivity contribution in [1.29, 1.82) is 0 Å². The molecule has 3 rings (SSSR count). The van der Waals surface area contributed by atoms with Crippen LogP contribution in [0.3, 0.4) is 0 Å². The summed E-state index contributed by atoms with van der Waals surface area (Å²) in [7, 11) is 0. The first-order chi connectivity index (χ1) is 10.4. The van der Waals surface area contributed by atoms with Crippen molar-refractivity contribution in [3.63, 3.8) is 0 Å². The maximum atomic E-state index is 12.5. The lowest BCUT2D eigenvalue weighted by atomic mass is 9.92. The van der Waals surface area contributed by atoms with Crippen LogP contribution in [-0.4, -0.2) is 41.1 Å². The fraction of sp³-hybridized carbons (Fsp3) is 0.529. The predicted molar refractivity (Wildman–Crippen MR) is 84.2 cm³/mol. The Morgan fingerprint density at radius 1 is 1.32 bits per heavy atom. The van der Waals surface area contributed by atoms with E-state index >= 15 is 0 Å². The van der Waals surface area contributed by atoms with Gasteiger partial charge in [-0.05, 0) is 44.4 Å². The molecule has 22 heavy (non-hydrogen) atoms. The number of carbonyl (C=O) groups excluding carboxylic acids is 1. The number of anilines is 1. The third-order valence-electron chi connectivity index (χ3n) is 4.78. The van der Waals surface area contributed by atoms with Gasteiger partial charge in [0.15, 0.2) is 0 Å². The zero-order valence-corrected chi connectivity index (χ0v) is 13.1. The summed E-state index contributed by atoms with van der Waals surface area (Å²) in [6.07, 6.45) is 1.99. The van der Waals surface area contributed by atoms with E-state index in [0.717, 1.165) is 30.6 Å². The molecule has 2 aliphatic rings. The number of nitrogens with zero attached hydrogens (tertiary/aromatic N) is 2. The predicted octanol–water partition coefficient (Wildman–Crippen LogP) is 2.84. The monoisotopic (exact) mass is 302 g/mol. The number of carboxylic acids is 1. The number of aliphatic carboxylic acids is 1. The van der Waals surface area contributed by atoms with Crippen LogP contribution in [0.2, 0.25) is 0 Å². The van der Waals surface area contributed by atoms with E-state index in [-0.39, 0.29) is 23.9 Å². The standard InChI is InChI=1S/C17H22N2O3/c1-12(2)18-8-9-19(16(18)22)14-5-3-4-13(10-14)17(6-7-17)11-15(20)21/h3-5,10,12H,6-9,11H2,1-2H3,(H,20,21). The first-order valence-corrected chi connectivity index (χ1v) is 7.83. The molecule has 1 saturated heterocycles. The lowest BCUT2D eigenvalue weighted by Gasteiger charge is -2.23. The van der Waals surface area contributed by atoms with Gasteiger partial charge < -0.3 is 10.0 Å². The second kappa shape index (κ2) is 5.30. The van der Waals surface area contributed by atoms with Crippen molar-refractivity contribution in [2.24, 2.45) is 0 Å². The Labute approximate surface area is 130 Å². The largest absolute Gasteiger partial charge is 0.481 e. The number of carboxylic acid groups (broad SMARTS) is 1. The van der Waals surface area contributed by atoms with E-state index in [2.05, 4.69) is 0 Å². The zero-order valence-electron chi connectivity index (χ0n) is 13.1. The molecule has 1 saturated carbocycles. The normalized spacial score (nSPS) is 19.9. The van der Waals surface area contributed by atoms with E-state index in [1.807, 2.05) is 43.0 Å². The fourth-order valence-electron chi connectivity index (χ4n) is 3.28. The van der Waals surface area contributed by atoms with E-state index < -0.39 is 5.97 Å². The Morgan fingerprint density at radius 2 is 2.05 bits per heavy atom. The van der Waals surface area contributed by atoms with Gasteiger partial charge >= 0.3 is 12.0 Å². The molecule has 1 aromatic rings. The van der Waals surface area contributed by atoms with E-state index in [0.29, 0.717) is 6.54 Å². The van der Waals surface area contributed by atoms with Crippen molar-refractivity contribution < 1.29 is 14.7 Å². The number of carbonyl (C=O) groups is 2. The Bertz CT molecular complexity index is 608. The first-order valence-electron chi connectivity index (χ1n) is 7.83. The van der Waals surface area contributed by atoms with E-state index in [1.54, 1.807) is 4.90 Å². The van der Waals surface area contributed by atoms with Crippen LogP contribution >= 0.6 is 0 Å². The minimum absolute atomic E-state index is 0.0373. The molecule has 0 aromatic heterocycles. The van der Waals surface area contributed by atoms with Crippen LogP contribution in [0.25, 0.3) is 0 Å². The summed E-state index contributed by atoms with van der Waals surface area (Å²) >= 11 is 0. The van der Waals surface area contributed by atoms with Gasteiger partial charge in [0.2, 0.25) is 0 Å². The molecule has 0 bridgehead atoms. The van der Waals surface area contributed by atoms with Gasteiger partial charge in [0, 0.05) is 30.2 Å². The number of rotatable bonds is 5. The van der Waals surface area contributed by atoms with Crippen molar-refractivity contribution >= 4 is 17.7 Å². The molecule has 0 radical (unpaired) electrons. The van der Waals surface area contributed by atoms with E-state index in [1.165, 1.54) is 0 Å². The molecular weight excluding hydrogens is 280 g/mol. The van der Waals surface area contributed by atoms with Crippen LogP contribution in [0.5, 0.6) is 0 Å². The number of hydrogen-bond acceptors (Lipinski definition) is 2. The average molecular weight is 302 g/mol. The van der Waals surface area contributed by atoms with Crippen LogP contribution in [-0.2, 0) is 10.2 Å². The van der Waals surface area contributed by atoms with E-state index in [9.17, 15) is 9.59 Å². The molecule has 0 unspecified atom stereocenters. The van der Waals surface area contributed by atoms with E-state index in [4.69, 9.17) is 5.11 Å². The van der Waals surface area contributed by atoms with Gasteiger partial charge in [-0.15, -0.1) is 0 Å². The van der Waals surface area contributed by atoms with Gasteiger partial charge in [-0.2, -0.15) is 0 Å². The quantitative estimate of drug-likeness (QED) is 0.910. The molecule has 1 N–H and O–H groups in total. The maximum Gasteiger partial charge on any atom is 0.324 e. The molecule has 5 nitrogen and oxygen atoms in total. The third-order valence-corrected chi connectivity index (χ3v) is 4.78. The fourth-order valence-corrected chi connectivity index (χ4v) is 3.28. The molecule has 1 aliphatic carbocycles. The molecule has 0 atom stereocenters. The lowest BCUT2D eigenvalue weighted by molar-refractivity contribution is -0.137. The van der Waals surface area contributed by atoms with Gasteiger partial charge in [0.1, 0.15) is 0 Å². The molecule has 0 spiro atoms. The van der Waals surface area contributed by atoms with Crippen LogP contribution in [0, 0.1) is 0 Å². The Hall–Kier alpha value is -2.04. The Balaban J connectivity index is 1.84. The third kappa shape index (κ3) is 2.56. The molecule has 1 heterocycles. The van der Waals surface area contributed by atoms with Gasteiger partial charge in [-0.25, -0.2) is 4.79 Å². The highest BCUT2D eigenvalue weighted by atomic mass is 16.4. The van der Waals surface area contributed by atoms with Gasteiger partial charge in [0.05, 0.1) is 6.42 Å². The molecule has 118 valence electrons. The highest BCUT2D eigenvalue weighted by Crippen LogP contribution is 2.51. The van der Waals surface area contributed by atoms with Crippen molar-refractivity contribution in [1.82, 2.24) is 4.90 Å². The Kier molecular flexibility index (Phi) is 3.59. The van der Waals surface area contributed by atoms with Crippen LogP contribution in [0.4, 0.5) is 10.5 Å². The summed E-state index contributed by atoms with van der Waals surface area (Å²) in [6, 6.07) is 8.08. The summed E-state index contributed by atoms with van der Waals surface area (Å²) in [6.45, 7) is 5.46. The topological polar surface area (TPSA) is 60.9 Å². The summed E-state index contributed by atoms with van der Waals surface area (Å²) in [5, 5.41) is 9.10. The van der Waals surface area contributed by atoms with Crippen molar-refractivity contribution in [2.75, 3.05) is 18.0 Å². The number of amides is 2. The average Bonchev–Trinajstić information content (AvgIpc) is 3.12. The summed E-state index contributed by atoms with van der Waals surface area (Å²) in [5.41, 5.74) is 1.70. The second-order valence-corrected chi connectivity index (χ2v) is 6.62. The first kappa shape index (κ1) is 14.9. The van der Waals surface area contributed by atoms with Gasteiger partial charge in [-0.3, -0.25) is 9.69 Å². The number of hydrogen-bond donors (Lipinski definition) is 1. The van der Waals surface area contributed by atoms with Crippen molar-refractivity contribution in [3.8, 4) is 0 Å². The maximum absolute atomic E-state index is 12.5. The Morgan fingerprint density at radius 3 is 2.59 bits per heavy atom. The number of benzene rings is 1. The lowest BCUT2D eigenvalue weighted by Crippen LogP contribution is -2.36. The molecule has 1 aliphatic heterocycles. The molecule has 1 aromatic carbocycles. The van der Waals surface area contributed by atoms with Gasteiger partial charge in [0.25, 0.3) is 0 Å². The SMILES string of the molecule is CC(C)N1CCN(c2cccc(C3(CC(=O)O)CC3)c2)C1=O. The molecular formula is C17H22N2O3. The summed E-state index contributed by atoms with van der Waals surface area (Å²) in [4.78, 5) is 27.2. The van der Waals surface area contributed by atoms with Crippen LogP contribution in [0.15, 0.2) is 24.3 Å². The minimum atomic E-state index is -0.758. The summed E-state index contributed by atoms with van der Waals surface area (Å²) in [5.74, 6) is -0.758. The summed E-state index contributed by atoms with van der Waals surface area (Å²) < 4.78 is 0. The van der Waals surface area contributed by atoms with Crippen molar-refractivity contribution in [3.05, 3.63) is 29.8 Å². The molecule has 2 amide bonds.